The van der Waals surface area contributed by atoms with Crippen molar-refractivity contribution in [2.75, 3.05) is 31.0 Å². The predicted molar refractivity (Wildman–Crippen MR) is 90.2 cm³/mol. The second kappa shape index (κ2) is 5.68. The van der Waals surface area contributed by atoms with Gasteiger partial charge in [-0.3, -0.25) is 9.48 Å². The molecular formula is C15H16FN5O4S. The highest BCUT2D eigenvalue weighted by atomic mass is 32.2. The summed E-state index contributed by atoms with van der Waals surface area (Å²) in [5.74, 6) is -2.30. The highest BCUT2D eigenvalue weighted by Gasteiger charge is 2.38. The van der Waals surface area contributed by atoms with Gasteiger partial charge in [0.25, 0.3) is 5.91 Å². The normalized spacial score (nSPS) is 20.2. The molecule has 138 valence electrons. The van der Waals surface area contributed by atoms with Crippen molar-refractivity contribution in [3.63, 3.8) is 0 Å². The van der Waals surface area contributed by atoms with Crippen molar-refractivity contribution < 1.29 is 22.7 Å². The number of aromatic hydroxyl groups is 1. The Morgan fingerprint density at radius 2 is 2.08 bits per heavy atom. The smallest absolute Gasteiger partial charge is 0.326 e. The molecule has 2 aliphatic heterocycles. The summed E-state index contributed by atoms with van der Waals surface area (Å²) in [6.07, 6.45) is 3.16. The standard InChI is InChI=1S/C15H16FN5O4S/c1-19-6-10(7-19)20-5-9(4-17-20)11-2-3-12(22)15(14(11)16)21-8-13(23)18-26(21,24)25/h2-5,10,22H,6-8H2,1H3,(H,18,23). The third kappa shape index (κ3) is 2.59. The van der Waals surface area contributed by atoms with Gasteiger partial charge < -0.3 is 10.0 Å². The van der Waals surface area contributed by atoms with Gasteiger partial charge in [0, 0.05) is 30.4 Å². The molecule has 26 heavy (non-hydrogen) atoms. The molecule has 0 bridgehead atoms. The van der Waals surface area contributed by atoms with Crippen LogP contribution in [0.3, 0.4) is 0 Å². The average molecular weight is 381 g/mol. The van der Waals surface area contributed by atoms with E-state index in [0.717, 1.165) is 13.1 Å². The topological polar surface area (TPSA) is 108 Å². The lowest BCUT2D eigenvalue weighted by Crippen LogP contribution is -2.45. The molecule has 0 aliphatic carbocycles. The van der Waals surface area contributed by atoms with Crippen LogP contribution in [0.4, 0.5) is 10.1 Å². The van der Waals surface area contributed by atoms with Gasteiger partial charge in [-0.25, -0.2) is 13.4 Å². The first-order valence-corrected chi connectivity index (χ1v) is 9.28. The number of likely N-dealkylation sites (tertiary alicyclic amines) is 1. The second-order valence-corrected chi connectivity index (χ2v) is 8.01. The average Bonchev–Trinajstić information content (AvgIpc) is 3.09. The Morgan fingerprint density at radius 1 is 1.35 bits per heavy atom. The van der Waals surface area contributed by atoms with Crippen LogP contribution in [0.2, 0.25) is 0 Å². The van der Waals surface area contributed by atoms with Crippen molar-refractivity contribution >= 4 is 21.8 Å². The molecule has 3 heterocycles. The van der Waals surface area contributed by atoms with Gasteiger partial charge in [-0.2, -0.15) is 13.5 Å². The summed E-state index contributed by atoms with van der Waals surface area (Å²) in [6, 6.07) is 2.75. The lowest BCUT2D eigenvalue weighted by atomic mass is 10.1. The Hall–Kier alpha value is -2.66. The molecule has 2 aliphatic rings. The van der Waals surface area contributed by atoms with Crippen molar-refractivity contribution in [2.24, 2.45) is 0 Å². The van der Waals surface area contributed by atoms with E-state index in [4.69, 9.17) is 0 Å². The number of hydrogen-bond acceptors (Lipinski definition) is 6. The minimum atomic E-state index is -4.24. The first-order valence-electron chi connectivity index (χ1n) is 7.84. The van der Waals surface area contributed by atoms with Crippen molar-refractivity contribution in [3.8, 4) is 16.9 Å². The third-order valence-corrected chi connectivity index (χ3v) is 5.87. The lowest BCUT2D eigenvalue weighted by Gasteiger charge is -2.36. The number of aromatic nitrogens is 2. The number of hydrogen-bond donors (Lipinski definition) is 2. The maximum Gasteiger partial charge on any atom is 0.326 e. The molecule has 2 N–H and O–H groups in total. The van der Waals surface area contributed by atoms with Gasteiger partial charge in [0.05, 0.1) is 12.2 Å². The van der Waals surface area contributed by atoms with Gasteiger partial charge in [-0.15, -0.1) is 0 Å². The second-order valence-electron chi connectivity index (χ2n) is 6.42. The van der Waals surface area contributed by atoms with E-state index >= 15 is 4.39 Å². The molecule has 0 atom stereocenters. The monoisotopic (exact) mass is 381 g/mol. The summed E-state index contributed by atoms with van der Waals surface area (Å²) in [5.41, 5.74) is -0.0163. The van der Waals surface area contributed by atoms with Crippen molar-refractivity contribution in [1.29, 1.82) is 0 Å². The maximum absolute atomic E-state index is 15.1. The summed E-state index contributed by atoms with van der Waals surface area (Å²) in [6.45, 7) is 1.08. The molecule has 0 spiro atoms. The number of phenolic OH excluding ortho intramolecular Hbond substituents is 1. The summed E-state index contributed by atoms with van der Waals surface area (Å²) in [5, 5.41) is 14.2. The number of nitrogens with one attached hydrogen (secondary N) is 1. The maximum atomic E-state index is 15.1. The van der Waals surface area contributed by atoms with Crippen molar-refractivity contribution in [3.05, 3.63) is 30.3 Å². The Morgan fingerprint density at radius 3 is 2.69 bits per heavy atom. The van der Waals surface area contributed by atoms with Gasteiger partial charge in [0.1, 0.15) is 18.0 Å². The fraction of sp³-hybridized carbons (Fsp3) is 0.333. The van der Waals surface area contributed by atoms with Crippen LogP contribution in [0.5, 0.6) is 5.75 Å². The largest absolute Gasteiger partial charge is 0.506 e. The summed E-state index contributed by atoms with van der Waals surface area (Å²) >= 11 is 0. The molecule has 2 aromatic rings. The van der Waals surface area contributed by atoms with Crippen molar-refractivity contribution in [1.82, 2.24) is 19.4 Å². The van der Waals surface area contributed by atoms with Gasteiger partial charge in [-0.05, 0) is 19.2 Å². The van der Waals surface area contributed by atoms with Crippen LogP contribution < -0.4 is 9.03 Å². The van der Waals surface area contributed by atoms with Crippen LogP contribution in [-0.2, 0) is 15.0 Å². The zero-order valence-electron chi connectivity index (χ0n) is 13.8. The fourth-order valence-corrected chi connectivity index (χ4v) is 4.33. The Labute approximate surface area is 148 Å². The third-order valence-electron chi connectivity index (χ3n) is 4.50. The number of carbonyl (C=O) groups is 1. The quantitative estimate of drug-likeness (QED) is 0.779. The van der Waals surface area contributed by atoms with E-state index in [0.29, 0.717) is 9.87 Å². The number of amides is 1. The number of nitrogens with zero attached hydrogens (tertiary/aromatic N) is 4. The Kier molecular flexibility index (Phi) is 3.66. The van der Waals surface area contributed by atoms with Gasteiger partial charge in [0.15, 0.2) is 5.82 Å². The zero-order valence-corrected chi connectivity index (χ0v) is 14.6. The molecule has 2 saturated heterocycles. The van der Waals surface area contributed by atoms with Gasteiger partial charge >= 0.3 is 10.2 Å². The van der Waals surface area contributed by atoms with Crippen LogP contribution in [0.25, 0.3) is 11.1 Å². The van der Waals surface area contributed by atoms with Crippen molar-refractivity contribution in [2.45, 2.75) is 6.04 Å². The summed E-state index contributed by atoms with van der Waals surface area (Å²) in [7, 11) is -2.25. The number of benzene rings is 1. The van der Waals surface area contributed by atoms with E-state index in [1.165, 1.54) is 18.3 Å². The molecule has 9 nitrogen and oxygen atoms in total. The van der Waals surface area contributed by atoms with E-state index in [2.05, 4.69) is 10.00 Å². The molecule has 4 rings (SSSR count). The van der Waals surface area contributed by atoms with E-state index in [-0.39, 0.29) is 11.6 Å². The van der Waals surface area contributed by atoms with Crippen LogP contribution in [0, 0.1) is 5.82 Å². The first kappa shape index (κ1) is 16.8. The van der Waals surface area contributed by atoms with Gasteiger partial charge in [0.2, 0.25) is 0 Å². The number of carbonyl (C=O) groups excluding carboxylic acids is 1. The molecule has 11 heteroatoms. The predicted octanol–water partition coefficient (Wildman–Crippen LogP) is 0.0623. The number of phenols is 1. The number of halogens is 1. The molecule has 1 aromatic heterocycles. The van der Waals surface area contributed by atoms with E-state index < -0.39 is 39.9 Å². The zero-order chi connectivity index (χ0) is 18.6. The SMILES string of the molecule is CN1CC(n2cc(-c3ccc(O)c(N4CC(=O)NS4(=O)=O)c3F)cn2)C1. The summed E-state index contributed by atoms with van der Waals surface area (Å²) in [4.78, 5) is 13.5. The minimum absolute atomic E-state index is 0.0891. The molecule has 1 aromatic carbocycles. The lowest BCUT2D eigenvalue weighted by molar-refractivity contribution is -0.117. The molecular weight excluding hydrogens is 365 g/mol. The highest BCUT2D eigenvalue weighted by Crippen LogP contribution is 2.38. The van der Waals surface area contributed by atoms with E-state index in [1.54, 1.807) is 15.6 Å². The molecule has 2 fully saturated rings. The molecule has 0 saturated carbocycles. The summed E-state index contributed by atoms with van der Waals surface area (Å²) < 4.78 is 43.1. The Bertz CT molecular complexity index is 999. The number of anilines is 1. The van der Waals surface area contributed by atoms with Crippen LogP contribution in [0.1, 0.15) is 6.04 Å². The molecule has 1 amide bonds. The van der Waals surface area contributed by atoms with Crippen LogP contribution in [0.15, 0.2) is 24.5 Å². The van der Waals surface area contributed by atoms with Gasteiger partial charge in [-0.1, -0.05) is 0 Å². The molecule has 0 radical (unpaired) electrons. The highest BCUT2D eigenvalue weighted by molar-refractivity contribution is 7.92. The minimum Gasteiger partial charge on any atom is -0.506 e. The van der Waals surface area contributed by atoms with E-state index in [1.807, 2.05) is 7.05 Å². The first-order chi connectivity index (χ1) is 12.3. The molecule has 0 unspecified atom stereocenters. The van der Waals surface area contributed by atoms with E-state index in [9.17, 15) is 18.3 Å². The number of likely N-dealkylation sites (N-methyl/N-ethyl adjacent to an activating group) is 1. The fourth-order valence-electron chi connectivity index (χ4n) is 3.17. The van der Waals surface area contributed by atoms with Crippen LogP contribution >= 0.6 is 0 Å². The van der Waals surface area contributed by atoms with Crippen LogP contribution in [-0.4, -0.2) is 60.8 Å². The number of rotatable bonds is 3. The Balaban J connectivity index is 1.74.